The SMILES string of the molecule is CC.CC.CC(C)=O.CCC(C)C(C)=O. The predicted molar refractivity (Wildman–Crippen MR) is 69.2 cm³/mol. The maximum absolute atomic E-state index is 10.4. The lowest BCUT2D eigenvalue weighted by atomic mass is 10.1. The molecule has 94 valence electrons. The molecule has 2 nitrogen and oxygen atoms in total. The Labute approximate surface area is 96.5 Å². The molecule has 0 N–H and O–H groups in total. The highest BCUT2D eigenvalue weighted by molar-refractivity contribution is 5.77. The minimum atomic E-state index is 0.167. The standard InChI is InChI=1S/C6H12O.C3H6O.2C2H6/c1-4-5(2)6(3)7;1-3(2)4;2*1-2/h5H,4H2,1-3H3;1-2H3;2*1-2H3. The highest BCUT2D eigenvalue weighted by Crippen LogP contribution is 1.99. The third-order valence-electron chi connectivity index (χ3n) is 1.31. The fraction of sp³-hybridized carbons (Fsp3) is 0.846. The molecular weight excluding hydrogens is 188 g/mol. The summed E-state index contributed by atoms with van der Waals surface area (Å²) in [6.07, 6.45) is 0.968. The molecule has 0 fully saturated rings. The van der Waals surface area contributed by atoms with Gasteiger partial charge >= 0.3 is 0 Å². The lowest BCUT2D eigenvalue weighted by Crippen LogP contribution is -2.03. The van der Waals surface area contributed by atoms with Crippen molar-refractivity contribution in [1.29, 1.82) is 0 Å². The second kappa shape index (κ2) is 23.3. The van der Waals surface area contributed by atoms with Crippen molar-refractivity contribution in [3.8, 4) is 0 Å². The van der Waals surface area contributed by atoms with E-state index < -0.39 is 0 Å². The average Bonchev–Trinajstić information content (AvgIpc) is 2.21. The van der Waals surface area contributed by atoms with Gasteiger partial charge in [-0.2, -0.15) is 0 Å². The number of hydrogen-bond donors (Lipinski definition) is 0. The van der Waals surface area contributed by atoms with Crippen molar-refractivity contribution < 1.29 is 9.59 Å². The molecule has 0 rings (SSSR count). The van der Waals surface area contributed by atoms with Gasteiger partial charge in [-0.1, -0.05) is 41.5 Å². The normalized spacial score (nSPS) is 8.87. The number of hydrogen-bond acceptors (Lipinski definition) is 2. The fourth-order valence-electron chi connectivity index (χ4n) is 0.287. The summed E-state index contributed by atoms with van der Waals surface area (Å²) in [5.74, 6) is 0.725. The number of carbonyl (C=O) groups excluding carboxylic acids is 2. The molecule has 0 bridgehead atoms. The fourth-order valence-corrected chi connectivity index (χ4v) is 0.287. The summed E-state index contributed by atoms with van der Waals surface area (Å²) < 4.78 is 0. The van der Waals surface area contributed by atoms with E-state index in [9.17, 15) is 9.59 Å². The second-order valence-corrected chi connectivity index (χ2v) is 2.83. The highest BCUT2D eigenvalue weighted by atomic mass is 16.1. The Morgan fingerprint density at radius 1 is 0.933 bits per heavy atom. The minimum absolute atomic E-state index is 0.167. The van der Waals surface area contributed by atoms with Crippen LogP contribution >= 0.6 is 0 Å². The van der Waals surface area contributed by atoms with Crippen molar-refractivity contribution in [1.82, 2.24) is 0 Å². The Hall–Kier alpha value is -0.660. The Balaban J connectivity index is -0.0000000647. The number of Topliss-reactive ketones (excluding diaryl/α,β-unsaturated/α-hetero) is 2. The van der Waals surface area contributed by atoms with Crippen LogP contribution in [0.1, 0.15) is 68.7 Å². The molecule has 0 aromatic carbocycles. The first kappa shape index (κ1) is 23.9. The molecule has 0 spiro atoms. The molecule has 2 heteroatoms. The molecular formula is C13H30O2. The van der Waals surface area contributed by atoms with Crippen LogP contribution in [0.25, 0.3) is 0 Å². The molecule has 1 unspecified atom stereocenters. The van der Waals surface area contributed by atoms with Gasteiger partial charge in [0, 0.05) is 5.92 Å². The van der Waals surface area contributed by atoms with E-state index in [1.165, 1.54) is 13.8 Å². The summed E-state index contributed by atoms with van der Waals surface area (Å²) in [6, 6.07) is 0. The summed E-state index contributed by atoms with van der Waals surface area (Å²) in [5.41, 5.74) is 0. The van der Waals surface area contributed by atoms with Crippen LogP contribution in [0, 0.1) is 5.92 Å². The van der Waals surface area contributed by atoms with Crippen LogP contribution in [-0.2, 0) is 9.59 Å². The van der Waals surface area contributed by atoms with Crippen molar-refractivity contribution in [3.63, 3.8) is 0 Å². The van der Waals surface area contributed by atoms with Gasteiger partial charge in [0.15, 0.2) is 0 Å². The number of carbonyl (C=O) groups is 2. The van der Waals surface area contributed by atoms with Gasteiger partial charge in [-0.15, -0.1) is 0 Å². The number of rotatable bonds is 2. The molecule has 0 saturated heterocycles. The van der Waals surface area contributed by atoms with E-state index in [0.29, 0.717) is 5.78 Å². The Morgan fingerprint density at radius 2 is 1.13 bits per heavy atom. The van der Waals surface area contributed by atoms with Gasteiger partial charge in [-0.3, -0.25) is 4.79 Å². The molecule has 0 aliphatic rings. The quantitative estimate of drug-likeness (QED) is 0.693. The van der Waals surface area contributed by atoms with Gasteiger partial charge in [-0.25, -0.2) is 0 Å². The molecule has 15 heavy (non-hydrogen) atoms. The summed E-state index contributed by atoms with van der Waals surface area (Å²) in [5, 5.41) is 0. The van der Waals surface area contributed by atoms with Crippen molar-refractivity contribution in [2.45, 2.75) is 68.7 Å². The molecule has 1 atom stereocenters. The smallest absolute Gasteiger partial charge is 0.132 e. The first-order valence-electron chi connectivity index (χ1n) is 5.89. The van der Waals surface area contributed by atoms with Crippen molar-refractivity contribution >= 4 is 11.6 Å². The molecule has 0 radical (unpaired) electrons. The zero-order chi connectivity index (χ0) is 13.4. The topological polar surface area (TPSA) is 34.1 Å². The van der Waals surface area contributed by atoms with Crippen molar-refractivity contribution in [2.75, 3.05) is 0 Å². The Morgan fingerprint density at radius 3 is 1.13 bits per heavy atom. The first-order chi connectivity index (χ1) is 6.91. The van der Waals surface area contributed by atoms with Crippen LogP contribution in [0.15, 0.2) is 0 Å². The highest BCUT2D eigenvalue weighted by Gasteiger charge is 2.01. The Kier molecular flexibility index (Phi) is 37.1. The van der Waals surface area contributed by atoms with E-state index in [0.717, 1.165) is 6.42 Å². The second-order valence-electron chi connectivity index (χ2n) is 2.83. The molecule has 0 aliphatic heterocycles. The van der Waals surface area contributed by atoms with Gasteiger partial charge in [0.25, 0.3) is 0 Å². The van der Waals surface area contributed by atoms with Crippen LogP contribution in [-0.4, -0.2) is 11.6 Å². The molecule has 0 saturated carbocycles. The molecule has 0 aromatic rings. The van der Waals surface area contributed by atoms with Crippen LogP contribution in [0.5, 0.6) is 0 Å². The van der Waals surface area contributed by atoms with Crippen LogP contribution < -0.4 is 0 Å². The van der Waals surface area contributed by atoms with Crippen LogP contribution in [0.2, 0.25) is 0 Å². The molecule has 0 heterocycles. The maximum Gasteiger partial charge on any atom is 0.132 e. The number of ketones is 2. The van der Waals surface area contributed by atoms with Crippen molar-refractivity contribution in [2.24, 2.45) is 5.92 Å². The molecule has 0 aliphatic carbocycles. The monoisotopic (exact) mass is 218 g/mol. The first-order valence-corrected chi connectivity index (χ1v) is 5.89. The summed E-state index contributed by atoms with van der Waals surface area (Å²) in [7, 11) is 0. The van der Waals surface area contributed by atoms with Gasteiger partial charge < -0.3 is 4.79 Å². The maximum atomic E-state index is 10.4. The lowest BCUT2D eigenvalue weighted by Gasteiger charge is -1.98. The van der Waals surface area contributed by atoms with Gasteiger partial charge in [0.2, 0.25) is 0 Å². The minimum Gasteiger partial charge on any atom is -0.300 e. The van der Waals surface area contributed by atoms with E-state index in [1.807, 2.05) is 41.5 Å². The molecule has 0 aromatic heterocycles. The van der Waals surface area contributed by atoms with Gasteiger partial charge in [0.1, 0.15) is 11.6 Å². The largest absolute Gasteiger partial charge is 0.300 e. The third-order valence-corrected chi connectivity index (χ3v) is 1.31. The van der Waals surface area contributed by atoms with E-state index in [2.05, 4.69) is 0 Å². The zero-order valence-corrected chi connectivity index (χ0v) is 12.1. The Bertz CT molecular complexity index is 124. The van der Waals surface area contributed by atoms with E-state index >= 15 is 0 Å². The summed E-state index contributed by atoms with van der Waals surface area (Å²) in [4.78, 5) is 19.8. The summed E-state index contributed by atoms with van der Waals surface area (Å²) in [6.45, 7) is 16.7. The van der Waals surface area contributed by atoms with Crippen LogP contribution in [0.4, 0.5) is 0 Å². The lowest BCUT2D eigenvalue weighted by molar-refractivity contribution is -0.120. The summed E-state index contributed by atoms with van der Waals surface area (Å²) >= 11 is 0. The third kappa shape index (κ3) is 60.2. The van der Waals surface area contributed by atoms with Gasteiger partial charge in [-0.05, 0) is 27.2 Å². The van der Waals surface area contributed by atoms with Gasteiger partial charge in [0.05, 0.1) is 0 Å². The molecule has 0 amide bonds. The average molecular weight is 218 g/mol. The van der Waals surface area contributed by atoms with E-state index in [1.54, 1.807) is 6.92 Å². The van der Waals surface area contributed by atoms with E-state index in [-0.39, 0.29) is 11.7 Å². The van der Waals surface area contributed by atoms with Crippen LogP contribution in [0.3, 0.4) is 0 Å². The zero-order valence-electron chi connectivity index (χ0n) is 12.1. The predicted octanol–water partition coefficient (Wildman–Crippen LogP) is 4.27. The van der Waals surface area contributed by atoms with E-state index in [4.69, 9.17) is 0 Å². The van der Waals surface area contributed by atoms with Crippen molar-refractivity contribution in [3.05, 3.63) is 0 Å².